The minimum atomic E-state index is -4.60. The fourth-order valence-electron chi connectivity index (χ4n) is 4.02. The van der Waals surface area contributed by atoms with Crippen LogP contribution in [0.3, 0.4) is 0 Å². The van der Waals surface area contributed by atoms with Crippen molar-refractivity contribution in [3.63, 3.8) is 0 Å². The van der Waals surface area contributed by atoms with Gasteiger partial charge in [-0.2, -0.15) is 13.2 Å². The molecule has 1 fully saturated rings. The van der Waals surface area contributed by atoms with E-state index in [1.165, 1.54) is 18.3 Å². The number of anilines is 3. The number of hydrogen-bond acceptors (Lipinski definition) is 8. The summed E-state index contributed by atoms with van der Waals surface area (Å²) in [4.78, 5) is 27.8. The number of benzene rings is 1. The van der Waals surface area contributed by atoms with Crippen LogP contribution in [0.15, 0.2) is 48.8 Å². The first-order valence-electron chi connectivity index (χ1n) is 11.8. The van der Waals surface area contributed by atoms with Crippen LogP contribution in [0.5, 0.6) is 5.75 Å². The molecule has 37 heavy (non-hydrogen) atoms. The normalized spacial score (nSPS) is 15.9. The van der Waals surface area contributed by atoms with Crippen molar-refractivity contribution in [1.29, 1.82) is 0 Å². The van der Waals surface area contributed by atoms with Crippen molar-refractivity contribution in [2.24, 2.45) is 0 Å². The van der Waals surface area contributed by atoms with Crippen LogP contribution in [0.4, 0.5) is 30.6 Å². The summed E-state index contributed by atoms with van der Waals surface area (Å²) in [5, 5.41) is 8.46. The van der Waals surface area contributed by atoms with E-state index in [0.717, 1.165) is 31.5 Å². The van der Waals surface area contributed by atoms with Gasteiger partial charge in [0, 0.05) is 37.2 Å². The van der Waals surface area contributed by atoms with Crippen molar-refractivity contribution in [3.05, 3.63) is 65.6 Å². The van der Waals surface area contributed by atoms with E-state index < -0.39 is 17.6 Å². The number of alkyl halides is 3. The molecule has 1 saturated heterocycles. The SMILES string of the molecule is CNc1nccc(CNc2ncccc2C(=O)Nc2cc(OC[C@@H]3CCCN3C)cc(C(F)(F)F)c2)n1. The minimum absolute atomic E-state index is 0.0288. The minimum Gasteiger partial charge on any atom is -0.492 e. The number of nitrogens with zero attached hydrogens (tertiary/aromatic N) is 4. The number of carbonyl (C=O) groups excluding carboxylic acids is 1. The first-order valence-corrected chi connectivity index (χ1v) is 11.8. The number of carbonyl (C=O) groups is 1. The fourth-order valence-corrected chi connectivity index (χ4v) is 4.02. The molecule has 1 aliphatic rings. The molecule has 3 heterocycles. The molecule has 3 aromatic rings. The van der Waals surface area contributed by atoms with E-state index in [-0.39, 0.29) is 42.0 Å². The molecule has 196 valence electrons. The smallest absolute Gasteiger partial charge is 0.416 e. The van der Waals surface area contributed by atoms with Gasteiger partial charge in [0.1, 0.15) is 18.2 Å². The molecule has 3 N–H and O–H groups in total. The van der Waals surface area contributed by atoms with Crippen LogP contribution in [0.25, 0.3) is 0 Å². The van der Waals surface area contributed by atoms with Crippen LogP contribution < -0.4 is 20.7 Å². The van der Waals surface area contributed by atoms with Gasteiger partial charge in [-0.25, -0.2) is 15.0 Å². The summed E-state index contributed by atoms with van der Waals surface area (Å²) in [6.45, 7) is 1.44. The van der Waals surface area contributed by atoms with Crippen LogP contribution in [0.2, 0.25) is 0 Å². The Bertz CT molecular complexity index is 1240. The molecule has 12 heteroatoms. The molecule has 0 saturated carbocycles. The quantitative estimate of drug-likeness (QED) is 0.388. The fraction of sp³-hybridized carbons (Fsp3) is 0.360. The van der Waals surface area contributed by atoms with Gasteiger partial charge >= 0.3 is 6.18 Å². The maximum absolute atomic E-state index is 13.6. The average molecular weight is 516 g/mol. The van der Waals surface area contributed by atoms with Gasteiger partial charge in [0.2, 0.25) is 5.95 Å². The third-order valence-corrected chi connectivity index (χ3v) is 6.03. The number of hydrogen-bond donors (Lipinski definition) is 3. The Labute approximate surface area is 212 Å². The molecule has 9 nitrogen and oxygen atoms in total. The second-order valence-corrected chi connectivity index (χ2v) is 8.66. The van der Waals surface area contributed by atoms with Crippen LogP contribution in [-0.2, 0) is 12.7 Å². The van der Waals surface area contributed by atoms with Crippen molar-refractivity contribution in [2.45, 2.75) is 31.6 Å². The molecule has 1 aromatic carbocycles. The molecular weight excluding hydrogens is 487 g/mol. The van der Waals surface area contributed by atoms with Crippen molar-refractivity contribution >= 4 is 23.4 Å². The predicted molar refractivity (Wildman–Crippen MR) is 134 cm³/mol. The number of pyridine rings is 1. The van der Waals surface area contributed by atoms with Gasteiger partial charge in [-0.15, -0.1) is 0 Å². The van der Waals surface area contributed by atoms with Crippen LogP contribution in [0.1, 0.15) is 34.5 Å². The molecule has 1 aliphatic heterocycles. The Morgan fingerprint density at radius 2 is 2.03 bits per heavy atom. The zero-order chi connectivity index (χ0) is 26.4. The van der Waals surface area contributed by atoms with Crippen molar-refractivity contribution in [3.8, 4) is 5.75 Å². The molecule has 2 aromatic heterocycles. The molecule has 0 aliphatic carbocycles. The lowest BCUT2D eigenvalue weighted by Crippen LogP contribution is -2.30. The van der Waals surface area contributed by atoms with E-state index in [4.69, 9.17) is 4.74 Å². The number of likely N-dealkylation sites (tertiary alicyclic amines) is 1. The number of likely N-dealkylation sites (N-methyl/N-ethyl adjacent to an activating group) is 1. The van der Waals surface area contributed by atoms with E-state index in [1.807, 2.05) is 7.05 Å². The highest BCUT2D eigenvalue weighted by Gasteiger charge is 2.32. The van der Waals surface area contributed by atoms with E-state index in [2.05, 4.69) is 35.8 Å². The van der Waals surface area contributed by atoms with Gasteiger partial charge in [0.25, 0.3) is 5.91 Å². The Morgan fingerprint density at radius 3 is 2.76 bits per heavy atom. The highest BCUT2D eigenvalue weighted by atomic mass is 19.4. The number of amides is 1. The summed E-state index contributed by atoms with van der Waals surface area (Å²) in [6, 6.07) is 8.18. The zero-order valence-corrected chi connectivity index (χ0v) is 20.5. The molecule has 1 amide bonds. The topological polar surface area (TPSA) is 104 Å². The van der Waals surface area contributed by atoms with Gasteiger partial charge in [-0.1, -0.05) is 0 Å². The number of aromatic nitrogens is 3. The molecule has 0 radical (unpaired) electrons. The first kappa shape index (κ1) is 26.1. The van der Waals surface area contributed by atoms with Gasteiger partial charge in [-0.3, -0.25) is 4.79 Å². The van der Waals surface area contributed by atoms with E-state index in [0.29, 0.717) is 11.6 Å². The van der Waals surface area contributed by atoms with Crippen LogP contribution >= 0.6 is 0 Å². The average Bonchev–Trinajstić information content (AvgIpc) is 3.30. The standard InChI is InChI=1S/C25H28F3N7O2/c1-29-24-31-9-7-17(34-24)14-32-22-21(6-3-8-30-22)23(36)33-18-11-16(25(26,27)28)12-20(13-18)37-15-19-5-4-10-35(19)2/h3,6-9,11-13,19H,4-5,10,14-15H2,1-2H3,(H,30,32)(H,33,36)(H,29,31,34)/t19-/m0/s1. The number of rotatable bonds is 9. The third-order valence-electron chi connectivity index (χ3n) is 6.03. The van der Waals surface area contributed by atoms with Crippen molar-refractivity contribution in [1.82, 2.24) is 19.9 Å². The van der Waals surface area contributed by atoms with Gasteiger partial charge < -0.3 is 25.6 Å². The largest absolute Gasteiger partial charge is 0.492 e. The molecule has 4 rings (SSSR count). The molecule has 0 unspecified atom stereocenters. The lowest BCUT2D eigenvalue weighted by Gasteiger charge is -2.20. The maximum Gasteiger partial charge on any atom is 0.416 e. The third kappa shape index (κ3) is 6.85. The van der Waals surface area contributed by atoms with Gasteiger partial charge in [0.15, 0.2) is 0 Å². The summed E-state index contributed by atoms with van der Waals surface area (Å²) in [5.41, 5.74) is -0.116. The number of ether oxygens (including phenoxy) is 1. The monoisotopic (exact) mass is 515 g/mol. The second kappa shape index (κ2) is 11.4. The van der Waals surface area contributed by atoms with E-state index in [1.54, 1.807) is 25.4 Å². The predicted octanol–water partition coefficient (Wildman–Crippen LogP) is 4.27. The molecular formula is C25H28F3N7O2. The molecule has 0 spiro atoms. The Hall–Kier alpha value is -3.93. The van der Waals surface area contributed by atoms with Crippen LogP contribution in [0, 0.1) is 0 Å². The Kier molecular flexibility index (Phi) is 8.07. The Balaban J connectivity index is 1.50. The molecule has 0 bridgehead atoms. The lowest BCUT2D eigenvalue weighted by molar-refractivity contribution is -0.137. The summed E-state index contributed by atoms with van der Waals surface area (Å²) < 4.78 is 46.5. The highest BCUT2D eigenvalue weighted by Crippen LogP contribution is 2.34. The van der Waals surface area contributed by atoms with Gasteiger partial charge in [0.05, 0.1) is 23.4 Å². The maximum atomic E-state index is 13.6. The summed E-state index contributed by atoms with van der Waals surface area (Å²) in [5.74, 6) is 0.131. The van der Waals surface area contributed by atoms with E-state index >= 15 is 0 Å². The highest BCUT2D eigenvalue weighted by molar-refractivity contribution is 6.07. The summed E-state index contributed by atoms with van der Waals surface area (Å²) in [7, 11) is 3.66. The first-order chi connectivity index (χ1) is 17.7. The summed E-state index contributed by atoms with van der Waals surface area (Å²) >= 11 is 0. The van der Waals surface area contributed by atoms with Crippen molar-refractivity contribution < 1.29 is 22.7 Å². The van der Waals surface area contributed by atoms with E-state index in [9.17, 15) is 18.0 Å². The lowest BCUT2D eigenvalue weighted by atomic mass is 10.1. The van der Waals surface area contributed by atoms with Crippen LogP contribution in [-0.4, -0.2) is 59.0 Å². The summed E-state index contributed by atoms with van der Waals surface area (Å²) in [6.07, 6.45) is 0.437. The van der Waals surface area contributed by atoms with Crippen molar-refractivity contribution in [2.75, 3.05) is 43.2 Å². The Morgan fingerprint density at radius 1 is 1.19 bits per heavy atom. The van der Waals surface area contributed by atoms with Gasteiger partial charge in [-0.05, 0) is 56.8 Å². The second-order valence-electron chi connectivity index (χ2n) is 8.66. The molecule has 1 atom stereocenters. The number of nitrogens with one attached hydrogen (secondary N) is 3. The zero-order valence-electron chi connectivity index (χ0n) is 20.5. The number of halogens is 3.